The van der Waals surface area contributed by atoms with Crippen molar-refractivity contribution in [1.29, 1.82) is 0 Å². The van der Waals surface area contributed by atoms with Crippen LogP contribution in [-0.4, -0.2) is 26.7 Å². The van der Waals surface area contributed by atoms with Gasteiger partial charge in [-0.15, -0.1) is 0 Å². The highest BCUT2D eigenvalue weighted by atomic mass is 16.5. The normalized spacial score (nSPS) is 10.3. The predicted molar refractivity (Wildman–Crippen MR) is 53.5 cm³/mol. The molecule has 0 saturated heterocycles. The molecule has 0 spiro atoms. The third kappa shape index (κ3) is 4.46. The number of benzene rings is 1. The summed E-state index contributed by atoms with van der Waals surface area (Å²) in [5.41, 5.74) is 1.19. The maximum absolute atomic E-state index is 10.1. The second-order valence-electron chi connectivity index (χ2n) is 3.69. The van der Waals surface area contributed by atoms with Crippen LogP contribution in [-0.2, 0) is 11.3 Å². The Balaban J connectivity index is 2.52. The number of rotatable bonds is 5. The number of hydrogen-bond acceptors (Lipinski definition) is 3. The van der Waals surface area contributed by atoms with Gasteiger partial charge in [0.1, 0.15) is 18.9 Å². The second-order valence-corrected chi connectivity index (χ2v) is 3.69. The van der Waals surface area contributed by atoms with E-state index < -0.39 is 12.6 Å². The molecule has 1 aromatic carbocycles. The summed E-state index contributed by atoms with van der Waals surface area (Å²) in [4.78, 5) is 11.5. The topological polar surface area (TPSA) is 53.8 Å². The standard InChI is InChI=1S/C11H15NO3/c1-12(2)7-9-3-5-10(6-4-9)15-8-11(13)14/h3-6H,7-8H2,1-2H3,(H,13,14). The van der Waals surface area contributed by atoms with Crippen LogP contribution in [0.2, 0.25) is 0 Å². The zero-order valence-corrected chi connectivity index (χ0v) is 8.95. The van der Waals surface area contributed by atoms with Crippen molar-refractivity contribution >= 4 is 5.97 Å². The molecule has 0 aromatic heterocycles. The lowest BCUT2D eigenvalue weighted by Gasteiger charge is -2.09. The Bertz CT molecular complexity index is 319. The highest BCUT2D eigenvalue weighted by molar-refractivity contribution is 5.66. The Morgan fingerprint density at radius 1 is 1.33 bits per heavy atom. The first kappa shape index (κ1) is 11.5. The summed E-state index contributed by atoms with van der Waals surface area (Å²) in [6.07, 6.45) is 0. The smallest absolute Gasteiger partial charge is 0.128 e. The number of ether oxygens (including phenoxy) is 1. The average Bonchev–Trinajstić information content (AvgIpc) is 2.16. The highest BCUT2D eigenvalue weighted by Gasteiger charge is 1.98. The van der Waals surface area contributed by atoms with Crippen molar-refractivity contribution in [2.24, 2.45) is 0 Å². The van der Waals surface area contributed by atoms with E-state index in [0.29, 0.717) is 5.75 Å². The van der Waals surface area contributed by atoms with Crippen LogP contribution < -0.4 is 14.7 Å². The first-order chi connectivity index (χ1) is 7.08. The monoisotopic (exact) mass is 209 g/mol. The van der Waals surface area contributed by atoms with Gasteiger partial charge in [0.05, 0.1) is 20.1 Å². The number of nitrogens with one attached hydrogen (secondary N) is 1. The van der Waals surface area contributed by atoms with Gasteiger partial charge in [0.25, 0.3) is 0 Å². The number of carboxylic acid groups (broad SMARTS) is 1. The number of carbonyl (C=O) groups is 1. The minimum Gasteiger partial charge on any atom is -0.546 e. The molecule has 1 N–H and O–H groups in total. The second kappa shape index (κ2) is 5.36. The van der Waals surface area contributed by atoms with Gasteiger partial charge in [-0.1, -0.05) is 0 Å². The van der Waals surface area contributed by atoms with Crippen LogP contribution in [0.1, 0.15) is 5.56 Å². The van der Waals surface area contributed by atoms with Crippen LogP contribution >= 0.6 is 0 Å². The molecule has 0 amide bonds. The Morgan fingerprint density at radius 2 is 1.93 bits per heavy atom. The van der Waals surface area contributed by atoms with E-state index in [1.807, 2.05) is 12.1 Å². The Kier molecular flexibility index (Phi) is 4.12. The lowest BCUT2D eigenvalue weighted by molar-refractivity contribution is -0.872. The maximum Gasteiger partial charge on any atom is 0.128 e. The molecule has 15 heavy (non-hydrogen) atoms. The third-order valence-corrected chi connectivity index (χ3v) is 1.84. The van der Waals surface area contributed by atoms with Crippen LogP contribution in [0.25, 0.3) is 0 Å². The van der Waals surface area contributed by atoms with E-state index in [1.54, 1.807) is 12.1 Å². The van der Waals surface area contributed by atoms with Crippen molar-refractivity contribution in [3.63, 3.8) is 0 Å². The van der Waals surface area contributed by atoms with Crippen LogP contribution in [0.3, 0.4) is 0 Å². The predicted octanol–water partition coefficient (Wildman–Crippen LogP) is -1.54. The number of carboxylic acids is 1. The van der Waals surface area contributed by atoms with Gasteiger partial charge in [-0.3, -0.25) is 0 Å². The number of quaternary nitrogens is 1. The third-order valence-electron chi connectivity index (χ3n) is 1.84. The highest BCUT2D eigenvalue weighted by Crippen LogP contribution is 2.11. The van der Waals surface area contributed by atoms with Gasteiger partial charge in [0.15, 0.2) is 0 Å². The molecule has 0 saturated carbocycles. The molecule has 1 rings (SSSR count). The van der Waals surface area contributed by atoms with Crippen LogP contribution in [0.15, 0.2) is 24.3 Å². The van der Waals surface area contributed by atoms with Gasteiger partial charge in [-0.05, 0) is 24.3 Å². The number of hydrogen-bond donors (Lipinski definition) is 1. The average molecular weight is 209 g/mol. The number of aliphatic carboxylic acids is 1. The fourth-order valence-corrected chi connectivity index (χ4v) is 1.25. The van der Waals surface area contributed by atoms with Gasteiger partial charge in [-0.25, -0.2) is 0 Å². The zero-order valence-electron chi connectivity index (χ0n) is 8.95. The molecule has 0 bridgehead atoms. The zero-order chi connectivity index (χ0) is 11.3. The fraction of sp³-hybridized carbons (Fsp3) is 0.364. The molecular formula is C11H15NO3. The largest absolute Gasteiger partial charge is 0.546 e. The maximum atomic E-state index is 10.1. The molecule has 0 atom stereocenters. The minimum absolute atomic E-state index is 0.404. The van der Waals surface area contributed by atoms with Crippen molar-refractivity contribution in [3.8, 4) is 5.75 Å². The van der Waals surface area contributed by atoms with E-state index in [-0.39, 0.29) is 0 Å². The summed E-state index contributed by atoms with van der Waals surface area (Å²) in [6, 6.07) is 7.39. The van der Waals surface area contributed by atoms with E-state index in [0.717, 1.165) is 6.54 Å². The quantitative estimate of drug-likeness (QED) is 0.639. The van der Waals surface area contributed by atoms with E-state index in [9.17, 15) is 9.90 Å². The molecule has 0 aliphatic carbocycles. The van der Waals surface area contributed by atoms with Gasteiger partial charge in [0.2, 0.25) is 0 Å². The SMILES string of the molecule is C[NH+](C)Cc1ccc(OCC(=O)[O-])cc1. The lowest BCUT2D eigenvalue weighted by atomic mass is 10.2. The Hall–Kier alpha value is -1.55. The molecule has 82 valence electrons. The summed E-state index contributed by atoms with van der Waals surface area (Å²) < 4.78 is 4.96. The Morgan fingerprint density at radius 3 is 2.40 bits per heavy atom. The summed E-state index contributed by atoms with van der Waals surface area (Å²) >= 11 is 0. The van der Waals surface area contributed by atoms with Crippen molar-refractivity contribution in [3.05, 3.63) is 29.8 Å². The van der Waals surface area contributed by atoms with Crippen molar-refractivity contribution in [1.82, 2.24) is 0 Å². The summed E-state index contributed by atoms with van der Waals surface area (Å²) in [5.74, 6) is -0.659. The fourth-order valence-electron chi connectivity index (χ4n) is 1.25. The van der Waals surface area contributed by atoms with Crippen molar-refractivity contribution < 1.29 is 19.5 Å². The van der Waals surface area contributed by atoms with E-state index in [2.05, 4.69) is 14.1 Å². The summed E-state index contributed by atoms with van der Waals surface area (Å²) in [5, 5.41) is 10.1. The van der Waals surface area contributed by atoms with Crippen molar-refractivity contribution in [2.45, 2.75) is 6.54 Å². The molecule has 0 aliphatic heterocycles. The molecule has 1 aromatic rings. The minimum atomic E-state index is -1.21. The van der Waals surface area contributed by atoms with E-state index in [4.69, 9.17) is 4.74 Å². The summed E-state index contributed by atoms with van der Waals surface area (Å²) in [7, 11) is 4.14. The van der Waals surface area contributed by atoms with Crippen LogP contribution in [0.5, 0.6) is 5.75 Å². The van der Waals surface area contributed by atoms with E-state index >= 15 is 0 Å². The van der Waals surface area contributed by atoms with Crippen LogP contribution in [0.4, 0.5) is 0 Å². The van der Waals surface area contributed by atoms with Gasteiger partial charge in [0, 0.05) is 5.56 Å². The summed E-state index contributed by atoms with van der Waals surface area (Å²) in [6.45, 7) is 0.527. The molecule has 0 unspecified atom stereocenters. The van der Waals surface area contributed by atoms with Gasteiger partial charge >= 0.3 is 0 Å². The molecule has 0 aliphatic rings. The molecule has 0 fully saturated rings. The first-order valence-corrected chi connectivity index (χ1v) is 4.78. The van der Waals surface area contributed by atoms with E-state index in [1.165, 1.54) is 10.5 Å². The lowest BCUT2D eigenvalue weighted by Crippen LogP contribution is -3.04. The molecule has 0 radical (unpaired) electrons. The molecule has 0 heterocycles. The van der Waals surface area contributed by atoms with Crippen LogP contribution in [0, 0.1) is 0 Å². The number of carbonyl (C=O) groups excluding carboxylic acids is 1. The molecular weight excluding hydrogens is 194 g/mol. The Labute approximate surface area is 89.1 Å². The van der Waals surface area contributed by atoms with Gasteiger partial charge < -0.3 is 19.5 Å². The van der Waals surface area contributed by atoms with Crippen molar-refractivity contribution in [2.75, 3.05) is 20.7 Å². The first-order valence-electron chi connectivity index (χ1n) is 4.78. The molecule has 4 nitrogen and oxygen atoms in total. The molecule has 4 heteroatoms. The van der Waals surface area contributed by atoms with Gasteiger partial charge in [-0.2, -0.15) is 0 Å².